The highest BCUT2D eigenvalue weighted by Gasteiger charge is 2.19. The maximum Gasteiger partial charge on any atom is 0.194 e. The molecule has 0 aromatic heterocycles. The van der Waals surface area contributed by atoms with Crippen LogP contribution in [0.4, 0.5) is 0 Å². The highest BCUT2D eigenvalue weighted by Crippen LogP contribution is 2.35. The first-order valence-corrected chi connectivity index (χ1v) is 8.91. The molecule has 0 saturated carbocycles. The van der Waals surface area contributed by atoms with Crippen molar-refractivity contribution in [3.05, 3.63) is 107 Å². The van der Waals surface area contributed by atoms with Gasteiger partial charge < -0.3 is 0 Å². The average molecular weight is 387 g/mol. The lowest BCUT2D eigenvalue weighted by atomic mass is 9.89. The predicted molar refractivity (Wildman–Crippen MR) is 107 cm³/mol. The van der Waals surface area contributed by atoms with E-state index in [-0.39, 0.29) is 5.78 Å². The molecule has 0 fully saturated rings. The van der Waals surface area contributed by atoms with Crippen molar-refractivity contribution in [2.24, 2.45) is 0 Å². The summed E-state index contributed by atoms with van der Waals surface area (Å²) < 4.78 is 0.979. The molecule has 0 atom stereocenters. The minimum Gasteiger partial charge on any atom is -0.289 e. The molecule has 25 heavy (non-hydrogen) atoms. The summed E-state index contributed by atoms with van der Waals surface area (Å²) >= 11 is 3.63. The first-order valence-electron chi connectivity index (χ1n) is 8.12. The van der Waals surface area contributed by atoms with Crippen molar-refractivity contribution in [3.63, 3.8) is 0 Å². The average Bonchev–Trinajstić information content (AvgIpc) is 2.68. The quantitative estimate of drug-likeness (QED) is 0.367. The van der Waals surface area contributed by atoms with E-state index in [2.05, 4.69) is 22.0 Å². The molecule has 0 N–H and O–H groups in total. The smallest absolute Gasteiger partial charge is 0.194 e. The molecule has 0 bridgehead atoms. The zero-order valence-electron chi connectivity index (χ0n) is 13.4. The summed E-state index contributed by atoms with van der Waals surface area (Å²) in [6, 6.07) is 29.6. The van der Waals surface area contributed by atoms with Crippen LogP contribution in [-0.2, 0) is 0 Å². The zero-order chi connectivity index (χ0) is 17.2. The summed E-state index contributed by atoms with van der Waals surface area (Å²) in [7, 11) is 0. The van der Waals surface area contributed by atoms with E-state index in [1.54, 1.807) is 0 Å². The van der Waals surface area contributed by atoms with Gasteiger partial charge in [0.15, 0.2) is 5.78 Å². The van der Waals surface area contributed by atoms with Crippen LogP contribution in [0.2, 0.25) is 0 Å². The van der Waals surface area contributed by atoms with E-state index in [1.165, 1.54) is 0 Å². The lowest BCUT2D eigenvalue weighted by Gasteiger charge is -2.14. The number of benzene rings is 4. The predicted octanol–water partition coefficient (Wildman–Crippen LogP) is 6.50. The topological polar surface area (TPSA) is 17.1 Å². The van der Waals surface area contributed by atoms with Crippen molar-refractivity contribution in [1.82, 2.24) is 0 Å². The van der Waals surface area contributed by atoms with Gasteiger partial charge in [0.05, 0.1) is 0 Å². The number of fused-ring (bicyclic) bond motifs is 1. The fourth-order valence-electron chi connectivity index (χ4n) is 3.15. The second kappa shape index (κ2) is 6.66. The molecule has 1 nitrogen and oxygen atoms in total. The molecule has 0 spiro atoms. The van der Waals surface area contributed by atoms with E-state index in [0.717, 1.165) is 31.9 Å². The van der Waals surface area contributed by atoms with Gasteiger partial charge in [0.25, 0.3) is 0 Å². The number of halogens is 1. The fourth-order valence-corrected chi connectivity index (χ4v) is 3.65. The lowest BCUT2D eigenvalue weighted by molar-refractivity contribution is 0.104. The standard InChI is InChI=1S/C23H15BrO/c24-21-13-7-6-12-19(21)20-15-14-16-8-4-5-11-18(16)22(20)23(25)17-9-2-1-3-10-17/h1-15H. The van der Waals surface area contributed by atoms with Crippen LogP contribution in [0, 0.1) is 0 Å². The second-order valence-electron chi connectivity index (χ2n) is 5.88. The number of ketones is 1. The maximum atomic E-state index is 13.4. The van der Waals surface area contributed by atoms with Crippen molar-refractivity contribution in [2.45, 2.75) is 0 Å². The van der Waals surface area contributed by atoms with Crippen molar-refractivity contribution in [1.29, 1.82) is 0 Å². The Labute approximate surface area is 155 Å². The van der Waals surface area contributed by atoms with Gasteiger partial charge in [-0.2, -0.15) is 0 Å². The van der Waals surface area contributed by atoms with E-state index in [4.69, 9.17) is 0 Å². The van der Waals surface area contributed by atoms with Crippen molar-refractivity contribution in [3.8, 4) is 11.1 Å². The van der Waals surface area contributed by atoms with E-state index in [9.17, 15) is 4.79 Å². The molecule has 0 heterocycles. The summed E-state index contributed by atoms with van der Waals surface area (Å²) in [5.74, 6) is 0.0446. The highest BCUT2D eigenvalue weighted by molar-refractivity contribution is 9.10. The molecule has 4 aromatic carbocycles. The molecule has 0 aliphatic rings. The summed E-state index contributed by atoms with van der Waals surface area (Å²) in [6.07, 6.45) is 0. The SMILES string of the molecule is O=C(c1ccccc1)c1c(-c2ccccc2Br)ccc2ccccc12. The van der Waals surface area contributed by atoms with Crippen LogP contribution < -0.4 is 0 Å². The molecule has 0 aliphatic carbocycles. The maximum absolute atomic E-state index is 13.4. The van der Waals surface area contributed by atoms with E-state index >= 15 is 0 Å². The summed E-state index contributed by atoms with van der Waals surface area (Å²) in [4.78, 5) is 13.4. The molecule has 0 radical (unpaired) electrons. The third-order valence-electron chi connectivity index (χ3n) is 4.36. The van der Waals surface area contributed by atoms with Gasteiger partial charge >= 0.3 is 0 Å². The largest absolute Gasteiger partial charge is 0.289 e. The van der Waals surface area contributed by atoms with Gasteiger partial charge in [-0.25, -0.2) is 0 Å². The third kappa shape index (κ3) is 2.90. The van der Waals surface area contributed by atoms with Gasteiger partial charge in [0, 0.05) is 15.6 Å². The number of rotatable bonds is 3. The normalized spacial score (nSPS) is 10.8. The van der Waals surface area contributed by atoms with Crippen LogP contribution in [0.5, 0.6) is 0 Å². The molecule has 120 valence electrons. The van der Waals surface area contributed by atoms with Gasteiger partial charge in [-0.05, 0) is 28.0 Å². The molecule has 0 saturated heterocycles. The molecule has 4 aromatic rings. The number of hydrogen-bond donors (Lipinski definition) is 0. The summed E-state index contributed by atoms with van der Waals surface area (Å²) in [5, 5.41) is 2.04. The van der Waals surface area contributed by atoms with Crippen LogP contribution in [-0.4, -0.2) is 5.78 Å². The van der Waals surface area contributed by atoms with Gasteiger partial charge in [0.2, 0.25) is 0 Å². The Morgan fingerprint density at radius 1 is 0.640 bits per heavy atom. The number of carbonyl (C=O) groups excluding carboxylic acids is 1. The molecule has 2 heteroatoms. The fraction of sp³-hybridized carbons (Fsp3) is 0. The Morgan fingerprint density at radius 3 is 2.12 bits per heavy atom. The summed E-state index contributed by atoms with van der Waals surface area (Å²) in [5.41, 5.74) is 3.41. The van der Waals surface area contributed by atoms with Gasteiger partial charge in [-0.3, -0.25) is 4.79 Å². The Balaban J connectivity index is 2.04. The molecule has 0 aliphatic heterocycles. The second-order valence-corrected chi connectivity index (χ2v) is 6.74. The molecule has 0 unspecified atom stereocenters. The Bertz CT molecular complexity index is 1070. The third-order valence-corrected chi connectivity index (χ3v) is 5.05. The Morgan fingerprint density at radius 2 is 1.32 bits per heavy atom. The first kappa shape index (κ1) is 15.8. The molecular weight excluding hydrogens is 372 g/mol. The summed E-state index contributed by atoms with van der Waals surface area (Å²) in [6.45, 7) is 0. The van der Waals surface area contributed by atoms with E-state index in [0.29, 0.717) is 5.56 Å². The molecular formula is C23H15BrO. The van der Waals surface area contributed by atoms with Crippen LogP contribution in [0.3, 0.4) is 0 Å². The van der Waals surface area contributed by atoms with Crippen molar-refractivity contribution < 1.29 is 4.79 Å². The van der Waals surface area contributed by atoms with Crippen LogP contribution in [0.1, 0.15) is 15.9 Å². The first-order chi connectivity index (χ1) is 12.3. The minimum atomic E-state index is 0.0446. The van der Waals surface area contributed by atoms with Gasteiger partial charge in [-0.15, -0.1) is 0 Å². The van der Waals surface area contributed by atoms with Crippen molar-refractivity contribution in [2.75, 3.05) is 0 Å². The van der Waals surface area contributed by atoms with Crippen LogP contribution in [0.25, 0.3) is 21.9 Å². The molecule has 0 amide bonds. The molecule has 4 rings (SSSR count). The van der Waals surface area contributed by atoms with Crippen molar-refractivity contribution >= 4 is 32.5 Å². The van der Waals surface area contributed by atoms with Gasteiger partial charge in [0.1, 0.15) is 0 Å². The minimum absolute atomic E-state index is 0.0446. The number of carbonyl (C=O) groups is 1. The highest BCUT2D eigenvalue weighted by atomic mass is 79.9. The van der Waals surface area contributed by atoms with E-state index in [1.807, 2.05) is 84.9 Å². The van der Waals surface area contributed by atoms with Crippen LogP contribution in [0.15, 0.2) is 95.5 Å². The van der Waals surface area contributed by atoms with E-state index < -0.39 is 0 Å². The van der Waals surface area contributed by atoms with Crippen LogP contribution >= 0.6 is 15.9 Å². The lowest BCUT2D eigenvalue weighted by Crippen LogP contribution is -2.05. The van der Waals surface area contributed by atoms with Gasteiger partial charge in [-0.1, -0.05) is 101 Å². The monoisotopic (exact) mass is 386 g/mol. The number of hydrogen-bond acceptors (Lipinski definition) is 1. The Hall–Kier alpha value is -2.71. The zero-order valence-corrected chi connectivity index (χ0v) is 15.0. The Kier molecular flexibility index (Phi) is 4.21.